The molecule has 3 N–H and O–H groups in total. The number of H-pyrrole nitrogens is 2. The predicted molar refractivity (Wildman–Crippen MR) is 125 cm³/mol. The quantitative estimate of drug-likeness (QED) is 0.376. The highest BCUT2D eigenvalue weighted by molar-refractivity contribution is 7.89. The maximum Gasteiger partial charge on any atom is 0.240 e. The number of nitrogens with zero attached hydrogens (tertiary/aromatic N) is 1. The molecule has 5 aromatic rings. The first kappa shape index (κ1) is 19.3. The Morgan fingerprint density at radius 3 is 2.68 bits per heavy atom. The molecule has 3 aromatic carbocycles. The van der Waals surface area contributed by atoms with Crippen LogP contribution in [-0.2, 0) is 10.0 Å². The summed E-state index contributed by atoms with van der Waals surface area (Å²) in [6.07, 6.45) is 5.87. The van der Waals surface area contributed by atoms with Gasteiger partial charge in [0.25, 0.3) is 0 Å². The van der Waals surface area contributed by atoms with Crippen molar-refractivity contribution in [3.63, 3.8) is 0 Å². The number of aromatic nitrogens is 3. The predicted octanol–water partition coefficient (Wildman–Crippen LogP) is 4.79. The fraction of sp³-hybridized carbons (Fsp3) is 0.0417. The molecule has 0 saturated heterocycles. The number of rotatable bonds is 5. The lowest BCUT2D eigenvalue weighted by Gasteiger charge is -2.09. The number of imidazole rings is 1. The lowest BCUT2D eigenvalue weighted by Crippen LogP contribution is -2.19. The summed E-state index contributed by atoms with van der Waals surface area (Å²) in [4.78, 5) is 11.4. The second kappa shape index (κ2) is 7.54. The van der Waals surface area contributed by atoms with Gasteiger partial charge in [0.2, 0.25) is 10.0 Å². The monoisotopic (exact) mass is 428 g/mol. The third-order valence-corrected chi connectivity index (χ3v) is 6.74. The van der Waals surface area contributed by atoms with Crippen molar-refractivity contribution in [1.29, 1.82) is 0 Å². The summed E-state index contributed by atoms with van der Waals surface area (Å²) in [5.41, 5.74) is 5.25. The zero-order valence-corrected chi connectivity index (χ0v) is 17.6. The number of hydrogen-bond acceptors (Lipinski definition) is 3. The van der Waals surface area contributed by atoms with Gasteiger partial charge >= 0.3 is 0 Å². The highest BCUT2D eigenvalue weighted by atomic mass is 32.2. The summed E-state index contributed by atoms with van der Waals surface area (Å²) in [7, 11) is -2.16. The lowest BCUT2D eigenvalue weighted by atomic mass is 10.1. The molecule has 31 heavy (non-hydrogen) atoms. The van der Waals surface area contributed by atoms with E-state index in [2.05, 4.69) is 37.9 Å². The third kappa shape index (κ3) is 3.65. The van der Waals surface area contributed by atoms with E-state index in [1.807, 2.05) is 48.7 Å². The van der Waals surface area contributed by atoms with Gasteiger partial charge in [-0.2, -0.15) is 0 Å². The van der Waals surface area contributed by atoms with E-state index in [1.165, 1.54) is 12.4 Å². The van der Waals surface area contributed by atoms with E-state index in [1.54, 1.807) is 18.2 Å². The molecule has 2 heterocycles. The van der Waals surface area contributed by atoms with Crippen LogP contribution < -0.4 is 4.72 Å². The Bertz CT molecular complexity index is 1540. The fourth-order valence-electron chi connectivity index (χ4n) is 3.67. The topological polar surface area (TPSA) is 90.6 Å². The molecule has 0 aliphatic rings. The molecule has 0 unspecified atom stereocenters. The summed E-state index contributed by atoms with van der Waals surface area (Å²) in [6, 6.07) is 20.9. The van der Waals surface area contributed by atoms with Crippen LogP contribution in [0.4, 0.5) is 0 Å². The molecule has 7 heteroatoms. The van der Waals surface area contributed by atoms with Crippen LogP contribution in [0.1, 0.15) is 11.4 Å². The van der Waals surface area contributed by atoms with Crippen LogP contribution >= 0.6 is 0 Å². The van der Waals surface area contributed by atoms with E-state index >= 15 is 0 Å². The summed E-state index contributed by atoms with van der Waals surface area (Å²) in [6.45, 7) is 0. The van der Waals surface area contributed by atoms with Crippen LogP contribution in [0.15, 0.2) is 77.8 Å². The maximum atomic E-state index is 12.4. The number of hydrogen-bond donors (Lipinski definition) is 3. The van der Waals surface area contributed by atoms with E-state index in [0.717, 1.165) is 33.5 Å². The van der Waals surface area contributed by atoms with E-state index in [4.69, 9.17) is 0 Å². The summed E-state index contributed by atoms with van der Waals surface area (Å²) >= 11 is 0. The maximum absolute atomic E-state index is 12.4. The highest BCUT2D eigenvalue weighted by Gasteiger charge is 2.17. The molecule has 154 valence electrons. The summed E-state index contributed by atoms with van der Waals surface area (Å²) in [5, 5.41) is 1.17. The molecular weight excluding hydrogens is 408 g/mol. The Kier molecular flexibility index (Phi) is 4.69. The lowest BCUT2D eigenvalue weighted by molar-refractivity contribution is 0.588. The molecule has 5 rings (SSSR count). The molecule has 0 atom stereocenters. The Labute approximate surface area is 179 Å². The third-order valence-electron chi connectivity index (χ3n) is 5.27. The van der Waals surface area contributed by atoms with Crippen LogP contribution in [0.5, 0.6) is 0 Å². The number of fused-ring (bicyclic) bond motifs is 2. The zero-order valence-electron chi connectivity index (χ0n) is 16.8. The average Bonchev–Trinajstić information content (AvgIpc) is 3.43. The molecule has 6 nitrogen and oxygen atoms in total. The molecule has 0 saturated carbocycles. The van der Waals surface area contributed by atoms with Crippen LogP contribution in [0.3, 0.4) is 0 Å². The van der Waals surface area contributed by atoms with Gasteiger partial charge in [0.15, 0.2) is 0 Å². The molecule has 0 bridgehead atoms. The molecule has 0 fully saturated rings. The first-order chi connectivity index (χ1) is 15.0. The van der Waals surface area contributed by atoms with Gasteiger partial charge in [0.1, 0.15) is 5.82 Å². The van der Waals surface area contributed by atoms with Gasteiger partial charge in [-0.25, -0.2) is 18.1 Å². The largest absolute Gasteiger partial charge is 0.361 e. The van der Waals surface area contributed by atoms with E-state index < -0.39 is 10.0 Å². The number of nitrogens with one attached hydrogen (secondary N) is 3. The Balaban J connectivity index is 1.50. The van der Waals surface area contributed by atoms with Gasteiger partial charge in [0.05, 0.1) is 15.9 Å². The Hall–Kier alpha value is -3.68. The van der Waals surface area contributed by atoms with Gasteiger partial charge in [-0.05, 0) is 60.0 Å². The fourth-order valence-corrected chi connectivity index (χ4v) is 4.62. The smallest absolute Gasteiger partial charge is 0.240 e. The second-order valence-corrected chi connectivity index (χ2v) is 9.07. The Morgan fingerprint density at radius 2 is 1.81 bits per heavy atom. The zero-order chi connectivity index (χ0) is 21.4. The van der Waals surface area contributed by atoms with Gasteiger partial charge < -0.3 is 9.97 Å². The average molecular weight is 429 g/mol. The van der Waals surface area contributed by atoms with Crippen LogP contribution in [0.25, 0.3) is 45.2 Å². The van der Waals surface area contributed by atoms with Crippen molar-refractivity contribution >= 4 is 44.1 Å². The molecule has 2 aromatic heterocycles. The molecular formula is C24H20N4O2S. The van der Waals surface area contributed by atoms with E-state index in [0.29, 0.717) is 5.56 Å². The van der Waals surface area contributed by atoms with Gasteiger partial charge in [-0.15, -0.1) is 0 Å². The molecule has 0 amide bonds. The highest BCUT2D eigenvalue weighted by Crippen LogP contribution is 2.29. The van der Waals surface area contributed by atoms with Crippen molar-refractivity contribution in [2.45, 2.75) is 4.90 Å². The van der Waals surface area contributed by atoms with Crippen LogP contribution in [0.2, 0.25) is 0 Å². The number of benzene rings is 3. The minimum Gasteiger partial charge on any atom is -0.361 e. The molecule has 0 spiro atoms. The summed E-state index contributed by atoms with van der Waals surface area (Å²) < 4.78 is 27.2. The van der Waals surface area contributed by atoms with Crippen molar-refractivity contribution < 1.29 is 8.42 Å². The summed E-state index contributed by atoms with van der Waals surface area (Å²) in [5.74, 6) is 0.731. The van der Waals surface area contributed by atoms with Gasteiger partial charge in [0, 0.05) is 17.3 Å². The molecule has 0 aliphatic carbocycles. The first-order valence-corrected chi connectivity index (χ1v) is 11.3. The minimum absolute atomic E-state index is 0.243. The van der Waals surface area contributed by atoms with Gasteiger partial charge in [-0.3, -0.25) is 0 Å². The minimum atomic E-state index is -3.57. The first-order valence-electron chi connectivity index (χ1n) is 9.81. The normalized spacial score (nSPS) is 12.3. The van der Waals surface area contributed by atoms with Crippen molar-refractivity contribution in [3.05, 3.63) is 84.3 Å². The molecule has 0 aliphatic heterocycles. The standard InChI is InChI=1S/C24H20N4O2S/c1-25-31(29,30)23-5-3-2-4-19(23)18-9-10-20-22(15-18)28-24(27-20)11-7-16-6-8-17-12-13-26-21(17)14-16/h2-15,25-26H,1H3,(H,27,28). The van der Waals surface area contributed by atoms with Crippen molar-refractivity contribution in [2.75, 3.05) is 7.05 Å². The van der Waals surface area contributed by atoms with Crippen molar-refractivity contribution in [2.24, 2.45) is 0 Å². The van der Waals surface area contributed by atoms with Crippen molar-refractivity contribution in [1.82, 2.24) is 19.7 Å². The molecule has 0 radical (unpaired) electrons. The number of aromatic amines is 2. The van der Waals surface area contributed by atoms with Crippen molar-refractivity contribution in [3.8, 4) is 11.1 Å². The van der Waals surface area contributed by atoms with Gasteiger partial charge in [-0.1, -0.05) is 42.5 Å². The Morgan fingerprint density at radius 1 is 0.935 bits per heavy atom. The van der Waals surface area contributed by atoms with E-state index in [9.17, 15) is 8.42 Å². The van der Waals surface area contributed by atoms with Crippen LogP contribution in [0, 0.1) is 0 Å². The SMILES string of the molecule is CNS(=O)(=O)c1ccccc1-c1ccc2[nH]c(C=Cc3ccc4cc[nH]c4c3)nc2c1. The van der Waals surface area contributed by atoms with E-state index in [-0.39, 0.29) is 4.90 Å². The number of sulfonamides is 1. The van der Waals surface area contributed by atoms with Crippen LogP contribution in [-0.4, -0.2) is 30.4 Å². The second-order valence-electron chi connectivity index (χ2n) is 7.22.